The van der Waals surface area contributed by atoms with Crippen LogP contribution in [0.5, 0.6) is 0 Å². The van der Waals surface area contributed by atoms with Crippen molar-refractivity contribution >= 4 is 56.0 Å². The number of halogens is 3. The van der Waals surface area contributed by atoms with Crippen molar-refractivity contribution in [3.05, 3.63) is 55.1 Å². The second-order valence-electron chi connectivity index (χ2n) is 7.83. The van der Waals surface area contributed by atoms with Crippen molar-refractivity contribution in [1.82, 2.24) is 14.5 Å². The summed E-state index contributed by atoms with van der Waals surface area (Å²) in [6.07, 6.45) is 2.02. The monoisotopic (exact) mass is 505 g/mol. The Kier molecular flexibility index (Phi) is 5.98. The van der Waals surface area contributed by atoms with Gasteiger partial charge < -0.3 is 9.74 Å². The number of fused-ring (bicyclic) bond motifs is 1. The number of piperidine rings is 1. The number of aryl methyl sites for hydroxylation is 2. The Morgan fingerprint density at radius 2 is 1.77 bits per heavy atom. The van der Waals surface area contributed by atoms with Crippen LogP contribution in [0.1, 0.15) is 29.9 Å². The normalized spacial score (nSPS) is 15.0. The summed E-state index contributed by atoms with van der Waals surface area (Å²) >= 11 is 16.7. The topological polar surface area (TPSA) is 38.3 Å². The quantitative estimate of drug-likeness (QED) is 0.378. The summed E-state index contributed by atoms with van der Waals surface area (Å²) in [5, 5.41) is 2.16. The van der Waals surface area contributed by atoms with Crippen LogP contribution < -0.4 is 4.90 Å². The highest BCUT2D eigenvalue weighted by atomic mass is 79.9. The summed E-state index contributed by atoms with van der Waals surface area (Å²) in [5.41, 5.74) is 3.72. The van der Waals surface area contributed by atoms with Crippen molar-refractivity contribution in [3.63, 3.8) is 0 Å². The SMILES string of the molecule is [C-]#[N+]CC1CCN(c2nc(C)nc3c2c(C)c(C)n3-c2c(Cl)cc(Br)cc2Cl)CC1. The van der Waals surface area contributed by atoms with Crippen molar-refractivity contribution in [3.8, 4) is 5.69 Å². The fourth-order valence-corrected chi connectivity index (χ4v) is 5.63. The Morgan fingerprint density at radius 3 is 2.37 bits per heavy atom. The average molecular weight is 507 g/mol. The lowest BCUT2D eigenvalue weighted by Crippen LogP contribution is -2.35. The van der Waals surface area contributed by atoms with E-state index in [1.807, 2.05) is 23.6 Å². The van der Waals surface area contributed by atoms with E-state index in [9.17, 15) is 0 Å². The van der Waals surface area contributed by atoms with Crippen LogP contribution in [0, 0.1) is 33.3 Å². The molecule has 0 saturated carbocycles. The smallest absolute Gasteiger partial charge is 0.217 e. The third-order valence-electron chi connectivity index (χ3n) is 5.92. The van der Waals surface area contributed by atoms with Gasteiger partial charge in [0.05, 0.1) is 21.1 Å². The second-order valence-corrected chi connectivity index (χ2v) is 9.56. The highest BCUT2D eigenvalue weighted by molar-refractivity contribution is 9.10. The van der Waals surface area contributed by atoms with Gasteiger partial charge in [0, 0.05) is 29.2 Å². The van der Waals surface area contributed by atoms with Gasteiger partial charge in [0.15, 0.2) is 5.65 Å². The second kappa shape index (κ2) is 8.37. The molecule has 3 heterocycles. The van der Waals surface area contributed by atoms with Crippen LogP contribution in [-0.2, 0) is 0 Å². The largest absolute Gasteiger partial charge is 0.356 e. The van der Waals surface area contributed by atoms with Crippen LogP contribution in [0.3, 0.4) is 0 Å². The molecule has 0 unspecified atom stereocenters. The molecule has 1 fully saturated rings. The third-order valence-corrected chi connectivity index (χ3v) is 6.95. The molecule has 0 aliphatic carbocycles. The Bertz CT molecular complexity index is 1150. The molecule has 5 nitrogen and oxygen atoms in total. The van der Waals surface area contributed by atoms with E-state index in [4.69, 9.17) is 39.7 Å². The fourth-order valence-electron chi connectivity index (χ4n) is 4.26. The predicted molar refractivity (Wildman–Crippen MR) is 127 cm³/mol. The minimum atomic E-state index is 0.477. The number of benzene rings is 1. The molecule has 30 heavy (non-hydrogen) atoms. The molecule has 4 rings (SSSR count). The van der Waals surface area contributed by atoms with Gasteiger partial charge in [0.25, 0.3) is 0 Å². The third kappa shape index (κ3) is 3.68. The summed E-state index contributed by atoms with van der Waals surface area (Å²) in [4.78, 5) is 15.5. The zero-order valence-electron chi connectivity index (χ0n) is 17.1. The minimum Gasteiger partial charge on any atom is -0.356 e. The van der Waals surface area contributed by atoms with Crippen molar-refractivity contribution in [2.24, 2.45) is 5.92 Å². The zero-order chi connectivity index (χ0) is 21.6. The van der Waals surface area contributed by atoms with Crippen LogP contribution in [-0.4, -0.2) is 34.2 Å². The lowest BCUT2D eigenvalue weighted by Gasteiger charge is -2.31. The van der Waals surface area contributed by atoms with Gasteiger partial charge in [-0.3, -0.25) is 4.57 Å². The van der Waals surface area contributed by atoms with Gasteiger partial charge in [-0.2, -0.15) is 0 Å². The molecule has 8 heteroatoms. The molecule has 0 amide bonds. The van der Waals surface area contributed by atoms with Crippen LogP contribution in [0.15, 0.2) is 16.6 Å². The van der Waals surface area contributed by atoms with Gasteiger partial charge in [-0.25, -0.2) is 16.5 Å². The van der Waals surface area contributed by atoms with E-state index in [-0.39, 0.29) is 0 Å². The Morgan fingerprint density at radius 1 is 1.13 bits per heavy atom. The Balaban J connectivity index is 1.89. The maximum absolute atomic E-state index is 7.14. The Labute approximate surface area is 195 Å². The van der Waals surface area contributed by atoms with E-state index in [1.54, 1.807) is 0 Å². The molecule has 2 aromatic heterocycles. The van der Waals surface area contributed by atoms with Gasteiger partial charge in [-0.1, -0.05) is 39.1 Å². The lowest BCUT2D eigenvalue weighted by atomic mass is 9.97. The summed E-state index contributed by atoms with van der Waals surface area (Å²) in [7, 11) is 0. The summed E-state index contributed by atoms with van der Waals surface area (Å²) < 4.78 is 2.88. The van der Waals surface area contributed by atoms with Gasteiger partial charge in [-0.05, 0) is 51.3 Å². The first-order chi connectivity index (χ1) is 14.3. The highest BCUT2D eigenvalue weighted by Crippen LogP contribution is 2.40. The molecule has 1 aliphatic rings. The first-order valence-corrected chi connectivity index (χ1v) is 11.5. The standard InChI is InChI=1S/C22H22BrCl2N5/c1-12-13(2)30(20-17(24)9-16(23)10-18(20)25)22-19(12)21(27-14(3)28-22)29-7-5-15(6-8-29)11-26-4/h9-10,15H,5-8,11H2,1-3H3. The van der Waals surface area contributed by atoms with Gasteiger partial charge >= 0.3 is 0 Å². The molecule has 156 valence electrons. The molecule has 0 N–H and O–H groups in total. The molecule has 0 spiro atoms. The summed E-state index contributed by atoms with van der Waals surface area (Å²) in [6, 6.07) is 3.70. The first-order valence-electron chi connectivity index (χ1n) is 9.91. The molecule has 0 radical (unpaired) electrons. The van der Waals surface area contributed by atoms with Gasteiger partial charge in [0.2, 0.25) is 6.54 Å². The van der Waals surface area contributed by atoms with Crippen molar-refractivity contribution in [2.45, 2.75) is 33.6 Å². The Hall–Kier alpha value is -1.81. The maximum Gasteiger partial charge on any atom is 0.217 e. The maximum atomic E-state index is 7.14. The number of nitrogens with zero attached hydrogens (tertiary/aromatic N) is 5. The minimum absolute atomic E-state index is 0.477. The molecular weight excluding hydrogens is 485 g/mol. The number of rotatable bonds is 3. The van der Waals surface area contributed by atoms with Gasteiger partial charge in [0.1, 0.15) is 11.6 Å². The molecule has 3 aromatic rings. The van der Waals surface area contributed by atoms with Gasteiger partial charge in [-0.15, -0.1) is 0 Å². The van der Waals surface area contributed by atoms with Crippen LogP contribution >= 0.6 is 39.1 Å². The van der Waals surface area contributed by atoms with E-state index < -0.39 is 0 Å². The van der Waals surface area contributed by atoms with E-state index in [2.05, 4.69) is 39.5 Å². The van der Waals surface area contributed by atoms with Crippen LogP contribution in [0.4, 0.5) is 5.82 Å². The van der Waals surface area contributed by atoms with Crippen molar-refractivity contribution < 1.29 is 0 Å². The zero-order valence-corrected chi connectivity index (χ0v) is 20.2. The van der Waals surface area contributed by atoms with Crippen LogP contribution in [0.2, 0.25) is 10.0 Å². The number of hydrogen-bond acceptors (Lipinski definition) is 3. The van der Waals surface area contributed by atoms with Crippen molar-refractivity contribution in [2.75, 3.05) is 24.5 Å². The summed E-state index contributed by atoms with van der Waals surface area (Å²) in [5.74, 6) is 2.15. The lowest BCUT2D eigenvalue weighted by molar-refractivity contribution is 0.429. The van der Waals surface area contributed by atoms with E-state index in [0.717, 1.165) is 64.2 Å². The summed E-state index contributed by atoms with van der Waals surface area (Å²) in [6.45, 7) is 15.6. The predicted octanol–water partition coefficient (Wildman–Crippen LogP) is 6.55. The molecule has 0 atom stereocenters. The van der Waals surface area contributed by atoms with E-state index in [1.165, 1.54) is 0 Å². The highest BCUT2D eigenvalue weighted by Gasteiger charge is 2.27. The van der Waals surface area contributed by atoms with E-state index in [0.29, 0.717) is 28.3 Å². The first kappa shape index (κ1) is 21.4. The molecule has 1 aliphatic heterocycles. The van der Waals surface area contributed by atoms with Crippen molar-refractivity contribution in [1.29, 1.82) is 0 Å². The molecular formula is C22H22BrCl2N5. The number of hydrogen-bond donors (Lipinski definition) is 0. The molecule has 1 aromatic carbocycles. The number of anilines is 1. The van der Waals surface area contributed by atoms with E-state index >= 15 is 0 Å². The van der Waals surface area contributed by atoms with Crippen LogP contribution in [0.25, 0.3) is 21.6 Å². The molecule has 0 bridgehead atoms. The molecule has 1 saturated heterocycles. The number of aromatic nitrogens is 3. The average Bonchev–Trinajstić information content (AvgIpc) is 2.92. The fraction of sp³-hybridized carbons (Fsp3) is 0.409.